The molecule has 0 unspecified atom stereocenters. The van der Waals surface area contributed by atoms with Gasteiger partial charge in [-0.3, -0.25) is 14.5 Å². The van der Waals surface area contributed by atoms with Gasteiger partial charge in [0.2, 0.25) is 5.91 Å². The molecule has 2 fully saturated rings. The van der Waals surface area contributed by atoms with Gasteiger partial charge in [-0.2, -0.15) is 0 Å². The summed E-state index contributed by atoms with van der Waals surface area (Å²) in [5.74, 6) is -0.895. The Bertz CT molecular complexity index is 779. The third-order valence-corrected chi connectivity index (χ3v) is 4.79. The summed E-state index contributed by atoms with van der Waals surface area (Å²) >= 11 is 3.70. The largest absolute Gasteiger partial charge is 0.442 e. The number of carbonyl (C=O) groups is 3. The van der Waals surface area contributed by atoms with Gasteiger partial charge in [0.15, 0.2) is 0 Å². The van der Waals surface area contributed by atoms with Crippen molar-refractivity contribution in [2.45, 2.75) is 6.10 Å². The highest BCUT2D eigenvalue weighted by Crippen LogP contribution is 2.29. The molecule has 3 amide bonds. The van der Waals surface area contributed by atoms with Gasteiger partial charge in [0.05, 0.1) is 37.7 Å². The summed E-state index contributed by atoms with van der Waals surface area (Å²) in [6.07, 6.45) is -1.18. The molecule has 0 spiro atoms. The summed E-state index contributed by atoms with van der Waals surface area (Å²) in [5.41, 5.74) is 0.515. The van der Waals surface area contributed by atoms with E-state index in [9.17, 15) is 18.8 Å². The Kier molecular flexibility index (Phi) is 5.42. The van der Waals surface area contributed by atoms with E-state index < -0.39 is 30.0 Å². The van der Waals surface area contributed by atoms with Crippen molar-refractivity contribution in [1.82, 2.24) is 9.80 Å². The molecular weight excluding hydrogens is 379 g/mol. The molecular formula is C16H19FN4O5S. The van der Waals surface area contributed by atoms with Crippen LogP contribution < -0.4 is 9.80 Å². The molecule has 2 heterocycles. The zero-order chi connectivity index (χ0) is 19.7. The van der Waals surface area contributed by atoms with Crippen molar-refractivity contribution >= 4 is 41.2 Å². The molecule has 2 aliphatic heterocycles. The summed E-state index contributed by atoms with van der Waals surface area (Å²) < 4.78 is 19.8. The molecule has 2 aliphatic rings. The molecule has 0 radical (unpaired) electrons. The van der Waals surface area contributed by atoms with Crippen LogP contribution in [0.3, 0.4) is 0 Å². The Morgan fingerprint density at radius 1 is 1.44 bits per heavy atom. The first kappa shape index (κ1) is 19.2. The number of anilines is 2. The van der Waals surface area contributed by atoms with Gasteiger partial charge in [-0.25, -0.2) is 9.18 Å². The second-order valence-corrected chi connectivity index (χ2v) is 6.71. The number of rotatable bonds is 5. The lowest BCUT2D eigenvalue weighted by Gasteiger charge is -2.20. The van der Waals surface area contributed by atoms with E-state index in [-0.39, 0.29) is 37.9 Å². The minimum Gasteiger partial charge on any atom is -0.442 e. The fourth-order valence-electron chi connectivity index (χ4n) is 3.01. The fourth-order valence-corrected chi connectivity index (χ4v) is 3.10. The lowest BCUT2D eigenvalue weighted by atomic mass is 10.2. The van der Waals surface area contributed by atoms with Crippen LogP contribution in [0.2, 0.25) is 0 Å². The number of nitrogens with zero attached hydrogens (tertiary/aromatic N) is 4. The van der Waals surface area contributed by atoms with Crippen LogP contribution in [0.5, 0.6) is 0 Å². The van der Waals surface area contributed by atoms with Gasteiger partial charge in [-0.05, 0) is 18.2 Å². The van der Waals surface area contributed by atoms with Crippen molar-refractivity contribution in [2.24, 2.45) is 0 Å². The average Bonchev–Trinajstić information content (AvgIpc) is 3.16. The Morgan fingerprint density at radius 3 is 2.78 bits per heavy atom. The van der Waals surface area contributed by atoms with E-state index in [0.717, 1.165) is 0 Å². The topological polar surface area (TPSA) is 93.6 Å². The Labute approximate surface area is 160 Å². The SMILES string of the molecule is CN(C[C@@H]1CN(c2ccc(N3CC(=O)N(CO)C3)c(F)c2)C(=O)O1)C(=O)S. The Morgan fingerprint density at radius 2 is 2.19 bits per heavy atom. The number of hydrogen-bond donors (Lipinski definition) is 2. The third kappa shape index (κ3) is 3.93. The van der Waals surface area contributed by atoms with E-state index in [1.807, 2.05) is 0 Å². The number of carbonyl (C=O) groups excluding carboxylic acids is 3. The van der Waals surface area contributed by atoms with E-state index in [1.54, 1.807) is 6.07 Å². The summed E-state index contributed by atoms with van der Waals surface area (Å²) in [7, 11) is 1.54. The van der Waals surface area contributed by atoms with Crippen LogP contribution in [-0.2, 0) is 9.53 Å². The molecule has 9 nitrogen and oxygen atoms in total. The average molecular weight is 398 g/mol. The zero-order valence-electron chi connectivity index (χ0n) is 14.5. The van der Waals surface area contributed by atoms with E-state index in [2.05, 4.69) is 12.6 Å². The van der Waals surface area contributed by atoms with Gasteiger partial charge in [0, 0.05) is 7.05 Å². The number of thiol groups is 1. The number of likely N-dealkylation sites (N-methyl/N-ethyl adjacent to an activating group) is 1. The number of benzene rings is 1. The summed E-state index contributed by atoms with van der Waals surface area (Å²) in [6, 6.07) is 4.23. The molecule has 27 heavy (non-hydrogen) atoms. The van der Waals surface area contributed by atoms with Crippen molar-refractivity contribution in [2.75, 3.05) is 49.9 Å². The van der Waals surface area contributed by atoms with Crippen LogP contribution in [-0.4, -0.2) is 78.3 Å². The van der Waals surface area contributed by atoms with E-state index in [4.69, 9.17) is 9.84 Å². The highest BCUT2D eigenvalue weighted by atomic mass is 32.1. The van der Waals surface area contributed by atoms with E-state index in [0.29, 0.717) is 5.69 Å². The van der Waals surface area contributed by atoms with Crippen molar-refractivity contribution in [3.8, 4) is 0 Å². The van der Waals surface area contributed by atoms with Crippen LogP contribution in [0, 0.1) is 5.82 Å². The lowest BCUT2D eigenvalue weighted by Crippen LogP contribution is -2.33. The molecule has 1 aromatic rings. The molecule has 0 saturated carbocycles. The van der Waals surface area contributed by atoms with Crippen molar-refractivity contribution < 1.29 is 28.6 Å². The van der Waals surface area contributed by atoms with Gasteiger partial charge in [-0.15, -0.1) is 0 Å². The predicted octanol–water partition coefficient (Wildman–Crippen LogP) is 0.688. The smallest absolute Gasteiger partial charge is 0.414 e. The van der Waals surface area contributed by atoms with Crippen molar-refractivity contribution in [3.63, 3.8) is 0 Å². The fraction of sp³-hybridized carbons (Fsp3) is 0.438. The highest BCUT2D eigenvalue weighted by molar-refractivity contribution is 7.96. The monoisotopic (exact) mass is 398 g/mol. The minimum atomic E-state index is -0.630. The van der Waals surface area contributed by atoms with E-state index in [1.165, 1.54) is 38.8 Å². The summed E-state index contributed by atoms with van der Waals surface area (Å²) in [4.78, 5) is 40.2. The zero-order valence-corrected chi connectivity index (χ0v) is 15.4. The maximum atomic E-state index is 14.6. The first-order valence-corrected chi connectivity index (χ1v) is 8.60. The molecule has 11 heteroatoms. The van der Waals surface area contributed by atoms with E-state index >= 15 is 0 Å². The Hall–Kier alpha value is -2.53. The minimum absolute atomic E-state index is 0.0330. The van der Waals surface area contributed by atoms with Crippen LogP contribution in [0.15, 0.2) is 18.2 Å². The quantitative estimate of drug-likeness (QED) is 0.709. The maximum Gasteiger partial charge on any atom is 0.414 e. The lowest BCUT2D eigenvalue weighted by molar-refractivity contribution is -0.129. The van der Waals surface area contributed by atoms with Crippen molar-refractivity contribution in [3.05, 3.63) is 24.0 Å². The standard InChI is InChI=1S/C16H19FN4O5S/c1-18(16(25)27)5-11-6-21(15(24)26-11)10-2-3-13(12(17)4-10)19-7-14(23)20(8-19)9-22/h2-4,11,22H,5-9H2,1H3,(H,25,27)/t11-/m1/s1. The number of hydrogen-bond acceptors (Lipinski definition) is 6. The number of cyclic esters (lactones) is 1. The first-order valence-electron chi connectivity index (χ1n) is 8.15. The molecule has 3 rings (SSSR count). The normalized spacial score (nSPS) is 19.7. The number of aliphatic hydroxyl groups excluding tert-OH is 1. The highest BCUT2D eigenvalue weighted by Gasteiger charge is 2.34. The maximum absolute atomic E-state index is 14.6. The van der Waals surface area contributed by atoms with Gasteiger partial charge < -0.3 is 24.5 Å². The van der Waals surface area contributed by atoms with Crippen LogP contribution >= 0.6 is 12.6 Å². The van der Waals surface area contributed by atoms with Crippen LogP contribution in [0.1, 0.15) is 0 Å². The van der Waals surface area contributed by atoms with Crippen LogP contribution in [0.25, 0.3) is 0 Å². The molecule has 2 saturated heterocycles. The summed E-state index contributed by atoms with van der Waals surface area (Å²) in [6.45, 7) is -0.0287. The third-order valence-electron chi connectivity index (χ3n) is 4.45. The van der Waals surface area contributed by atoms with Gasteiger partial charge in [-0.1, -0.05) is 12.6 Å². The molecule has 1 atom stereocenters. The molecule has 0 aliphatic carbocycles. The number of aliphatic hydroxyl groups is 1. The Balaban J connectivity index is 1.71. The van der Waals surface area contributed by atoms with Gasteiger partial charge in [0.25, 0.3) is 5.24 Å². The van der Waals surface area contributed by atoms with Crippen molar-refractivity contribution in [1.29, 1.82) is 0 Å². The number of ether oxygens (including phenoxy) is 1. The van der Waals surface area contributed by atoms with Gasteiger partial charge in [0.1, 0.15) is 18.7 Å². The number of amides is 3. The first-order chi connectivity index (χ1) is 12.8. The predicted molar refractivity (Wildman–Crippen MR) is 97.2 cm³/mol. The second-order valence-electron chi connectivity index (χ2n) is 6.33. The van der Waals surface area contributed by atoms with Crippen LogP contribution in [0.4, 0.5) is 25.4 Å². The molecule has 146 valence electrons. The van der Waals surface area contributed by atoms with Gasteiger partial charge >= 0.3 is 6.09 Å². The summed E-state index contributed by atoms with van der Waals surface area (Å²) in [5, 5.41) is 8.66. The molecule has 0 bridgehead atoms. The molecule has 1 aromatic carbocycles. The molecule has 0 aromatic heterocycles. The number of halogens is 1. The second kappa shape index (κ2) is 7.61. The molecule has 1 N–H and O–H groups in total.